The van der Waals surface area contributed by atoms with Gasteiger partial charge in [0.25, 0.3) is 0 Å². The number of carboxylic acid groups (broad SMARTS) is 1. The maximum absolute atomic E-state index is 12.0. The molecule has 2 amide bonds. The average Bonchev–Trinajstić information content (AvgIpc) is 2.51. The number of carbonyl (C=O) groups excluding carboxylic acids is 3. The highest BCUT2D eigenvalue weighted by Crippen LogP contribution is 2.15. The van der Waals surface area contributed by atoms with Crippen molar-refractivity contribution in [3.63, 3.8) is 0 Å². The lowest BCUT2D eigenvalue weighted by Gasteiger charge is -2.33. The largest absolute Gasteiger partial charge is 0.480 e. The number of nitrogens with one attached hydrogen (secondary N) is 1. The van der Waals surface area contributed by atoms with Crippen LogP contribution in [0.3, 0.4) is 0 Å². The SMILES string of the molecule is CC(=O)Nc1ccc(C(=O)OCOC(=O)N(CC(=O)O)C(C)(C)C)cc1. The molecule has 0 aliphatic rings. The third kappa shape index (κ3) is 6.80. The molecule has 0 bridgehead atoms. The summed E-state index contributed by atoms with van der Waals surface area (Å²) in [6.07, 6.45) is -0.909. The van der Waals surface area contributed by atoms with Crippen LogP contribution in [0.25, 0.3) is 0 Å². The van der Waals surface area contributed by atoms with Crippen LogP contribution in [0.1, 0.15) is 38.1 Å². The van der Waals surface area contributed by atoms with Crippen LogP contribution >= 0.6 is 0 Å². The zero-order valence-corrected chi connectivity index (χ0v) is 15.1. The van der Waals surface area contributed by atoms with Crippen LogP contribution < -0.4 is 5.32 Å². The normalized spacial score (nSPS) is 10.6. The van der Waals surface area contributed by atoms with Crippen LogP contribution in [0.4, 0.5) is 10.5 Å². The molecule has 0 heterocycles. The highest BCUT2D eigenvalue weighted by atomic mass is 16.7. The fourth-order valence-corrected chi connectivity index (χ4v) is 1.90. The van der Waals surface area contributed by atoms with Gasteiger partial charge in [0.15, 0.2) is 0 Å². The van der Waals surface area contributed by atoms with E-state index in [1.165, 1.54) is 31.2 Å². The number of hydrogen-bond donors (Lipinski definition) is 2. The van der Waals surface area contributed by atoms with Crippen molar-refractivity contribution in [2.75, 3.05) is 18.7 Å². The molecule has 1 aromatic rings. The molecule has 0 saturated heterocycles. The first-order chi connectivity index (χ1) is 12.0. The van der Waals surface area contributed by atoms with Crippen molar-refractivity contribution < 1.29 is 33.8 Å². The van der Waals surface area contributed by atoms with Crippen LogP contribution in [-0.2, 0) is 19.1 Å². The Morgan fingerprint density at radius 3 is 2.12 bits per heavy atom. The second kappa shape index (κ2) is 8.84. The molecular weight excluding hydrogens is 344 g/mol. The summed E-state index contributed by atoms with van der Waals surface area (Å²) in [5.41, 5.74) is -0.0534. The van der Waals surface area contributed by atoms with Gasteiger partial charge in [-0.2, -0.15) is 0 Å². The molecule has 2 N–H and O–H groups in total. The molecule has 0 aromatic heterocycles. The van der Waals surface area contributed by atoms with Gasteiger partial charge in [-0.25, -0.2) is 9.59 Å². The third-order valence-electron chi connectivity index (χ3n) is 3.14. The molecule has 9 heteroatoms. The summed E-state index contributed by atoms with van der Waals surface area (Å²) >= 11 is 0. The van der Waals surface area contributed by atoms with Crippen molar-refractivity contribution in [1.82, 2.24) is 4.90 Å². The van der Waals surface area contributed by atoms with E-state index in [2.05, 4.69) is 5.32 Å². The zero-order valence-electron chi connectivity index (χ0n) is 15.1. The maximum Gasteiger partial charge on any atom is 0.413 e. The Morgan fingerprint density at radius 1 is 1.08 bits per heavy atom. The number of aliphatic carboxylic acids is 1. The molecule has 1 aromatic carbocycles. The van der Waals surface area contributed by atoms with E-state index in [0.717, 1.165) is 4.90 Å². The van der Waals surface area contributed by atoms with Crippen molar-refractivity contribution in [2.45, 2.75) is 33.2 Å². The minimum Gasteiger partial charge on any atom is -0.480 e. The lowest BCUT2D eigenvalue weighted by atomic mass is 10.1. The number of esters is 1. The molecule has 0 aliphatic carbocycles. The third-order valence-corrected chi connectivity index (χ3v) is 3.14. The molecule has 0 saturated carbocycles. The first-order valence-corrected chi connectivity index (χ1v) is 7.71. The van der Waals surface area contributed by atoms with Gasteiger partial charge >= 0.3 is 18.0 Å². The first-order valence-electron chi connectivity index (χ1n) is 7.71. The van der Waals surface area contributed by atoms with Gasteiger partial charge in [0, 0.05) is 18.2 Å². The van der Waals surface area contributed by atoms with Crippen molar-refractivity contribution in [3.8, 4) is 0 Å². The topological polar surface area (TPSA) is 122 Å². The molecule has 9 nitrogen and oxygen atoms in total. The van der Waals surface area contributed by atoms with E-state index in [1.54, 1.807) is 20.8 Å². The number of rotatable bonds is 6. The smallest absolute Gasteiger partial charge is 0.413 e. The van der Waals surface area contributed by atoms with Gasteiger partial charge < -0.3 is 19.9 Å². The second-order valence-corrected chi connectivity index (χ2v) is 6.37. The molecule has 0 spiro atoms. The van der Waals surface area contributed by atoms with Crippen LogP contribution in [0.2, 0.25) is 0 Å². The van der Waals surface area contributed by atoms with Gasteiger partial charge in [-0.15, -0.1) is 0 Å². The Balaban J connectivity index is 2.57. The summed E-state index contributed by atoms with van der Waals surface area (Å²) in [4.78, 5) is 46.7. The Labute approximate surface area is 150 Å². The number of carbonyl (C=O) groups is 4. The predicted octanol–water partition coefficient (Wildman–Crippen LogP) is 2.08. The molecule has 0 atom stereocenters. The van der Waals surface area contributed by atoms with Crippen molar-refractivity contribution in [1.29, 1.82) is 0 Å². The number of carboxylic acids is 1. The Hall–Kier alpha value is -3.10. The van der Waals surface area contributed by atoms with Crippen LogP contribution in [0, 0.1) is 0 Å². The monoisotopic (exact) mass is 366 g/mol. The standard InChI is InChI=1S/C17H22N2O7/c1-11(20)18-13-7-5-12(6-8-13)15(23)25-10-26-16(24)19(9-14(21)22)17(2,3)4/h5-8H,9-10H2,1-4H3,(H,18,20)(H,21,22). The minimum absolute atomic E-state index is 0.202. The van der Waals surface area contributed by atoms with Gasteiger partial charge in [0.05, 0.1) is 5.56 Å². The van der Waals surface area contributed by atoms with E-state index in [0.29, 0.717) is 5.69 Å². The summed E-state index contributed by atoms with van der Waals surface area (Å²) in [5, 5.41) is 11.4. The number of nitrogens with zero attached hydrogens (tertiary/aromatic N) is 1. The van der Waals surface area contributed by atoms with E-state index in [9.17, 15) is 19.2 Å². The summed E-state index contributed by atoms with van der Waals surface area (Å²) in [6.45, 7) is 5.12. The van der Waals surface area contributed by atoms with E-state index >= 15 is 0 Å². The predicted molar refractivity (Wildman–Crippen MR) is 91.6 cm³/mol. The Bertz CT molecular complexity index is 677. The number of ether oxygens (including phenoxy) is 2. The Kier molecular flexibility index (Phi) is 7.12. The van der Waals surface area contributed by atoms with E-state index in [1.807, 2.05) is 0 Å². The van der Waals surface area contributed by atoms with Gasteiger partial charge in [-0.3, -0.25) is 14.5 Å². The number of amides is 2. The zero-order chi connectivity index (χ0) is 19.9. The molecule has 0 aliphatic heterocycles. The van der Waals surface area contributed by atoms with E-state index in [4.69, 9.17) is 14.6 Å². The molecular formula is C17H22N2O7. The Morgan fingerprint density at radius 2 is 1.65 bits per heavy atom. The van der Waals surface area contributed by atoms with Crippen molar-refractivity contribution >= 4 is 29.6 Å². The molecule has 142 valence electrons. The van der Waals surface area contributed by atoms with Crippen LogP contribution in [0.5, 0.6) is 0 Å². The summed E-state index contributed by atoms with van der Waals surface area (Å²) in [7, 11) is 0. The van der Waals surface area contributed by atoms with Gasteiger partial charge in [-0.05, 0) is 45.0 Å². The lowest BCUT2D eigenvalue weighted by Crippen LogP contribution is -2.48. The maximum atomic E-state index is 12.0. The van der Waals surface area contributed by atoms with E-state index in [-0.39, 0.29) is 11.5 Å². The molecule has 0 unspecified atom stereocenters. The molecule has 0 radical (unpaired) electrons. The lowest BCUT2D eigenvalue weighted by molar-refractivity contribution is -0.139. The quantitative estimate of drug-likeness (QED) is 0.584. The molecule has 26 heavy (non-hydrogen) atoms. The molecule has 1 rings (SSSR count). The van der Waals surface area contributed by atoms with Crippen LogP contribution in [0.15, 0.2) is 24.3 Å². The van der Waals surface area contributed by atoms with Crippen molar-refractivity contribution in [3.05, 3.63) is 29.8 Å². The summed E-state index contributed by atoms with van der Waals surface area (Å²) < 4.78 is 9.67. The highest BCUT2D eigenvalue weighted by molar-refractivity contribution is 5.92. The van der Waals surface area contributed by atoms with Crippen LogP contribution in [-0.4, -0.2) is 52.8 Å². The number of benzene rings is 1. The summed E-state index contributed by atoms with van der Waals surface area (Å²) in [5.74, 6) is -2.15. The fraction of sp³-hybridized carbons (Fsp3) is 0.412. The average molecular weight is 366 g/mol. The number of anilines is 1. The van der Waals surface area contributed by atoms with Gasteiger partial charge in [0.1, 0.15) is 6.54 Å². The fourth-order valence-electron chi connectivity index (χ4n) is 1.90. The summed E-state index contributed by atoms with van der Waals surface area (Å²) in [6, 6.07) is 5.94. The number of hydrogen-bond acceptors (Lipinski definition) is 6. The van der Waals surface area contributed by atoms with Gasteiger partial charge in [-0.1, -0.05) is 0 Å². The highest BCUT2D eigenvalue weighted by Gasteiger charge is 2.29. The first kappa shape index (κ1) is 20.9. The minimum atomic E-state index is -1.19. The second-order valence-electron chi connectivity index (χ2n) is 6.37. The van der Waals surface area contributed by atoms with Gasteiger partial charge in [0.2, 0.25) is 12.7 Å². The van der Waals surface area contributed by atoms with Crippen molar-refractivity contribution in [2.24, 2.45) is 0 Å². The molecule has 0 fully saturated rings. The van der Waals surface area contributed by atoms with E-state index < -0.39 is 36.9 Å².